The molecule has 0 heterocycles. The average Bonchev–Trinajstić information content (AvgIpc) is 2.72. The summed E-state index contributed by atoms with van der Waals surface area (Å²) in [5, 5.41) is 24.8. The number of hydrogen-bond acceptors (Lipinski definition) is 8. The fourth-order valence-corrected chi connectivity index (χ4v) is 2.71. The van der Waals surface area contributed by atoms with Crippen molar-refractivity contribution in [2.75, 3.05) is 0 Å². The van der Waals surface area contributed by atoms with Gasteiger partial charge in [-0.2, -0.15) is 0 Å². The van der Waals surface area contributed by atoms with Crippen molar-refractivity contribution in [3.8, 4) is 0 Å². The van der Waals surface area contributed by atoms with E-state index in [1.165, 1.54) is 0 Å². The third kappa shape index (κ3) is 11.2. The summed E-state index contributed by atoms with van der Waals surface area (Å²) < 4.78 is 0. The van der Waals surface area contributed by atoms with Crippen LogP contribution >= 0.6 is 0 Å². The third-order valence-corrected chi connectivity index (χ3v) is 4.87. The first-order chi connectivity index (χ1) is 15.7. The first-order valence-corrected chi connectivity index (χ1v) is 10.4. The number of rotatable bonds is 16. The second-order valence-electron chi connectivity index (χ2n) is 7.71. The van der Waals surface area contributed by atoms with Gasteiger partial charge in [0.15, 0.2) is 0 Å². The molecule has 0 saturated heterocycles. The molecule has 0 saturated carbocycles. The number of nitrogens with two attached hydrogens (primary N) is 3. The normalized spacial score (nSPS) is 15.0. The summed E-state index contributed by atoms with van der Waals surface area (Å²) in [6.07, 6.45) is -1.63. The standard InChI is InChI=1S/C19H32N6O9/c1-3-8(2)15(19(33)34)25-18(32)10(6-13(22)27)24-17(31)11(7-14(28)29)23-16(30)9(20)4-5-12(21)26/h8-11,15H,3-7,20H2,1-2H3,(H2,21,26)(H2,22,27)(H,23,30)(H,24,31)(H,25,32)(H,28,29)(H,33,34). The highest BCUT2D eigenvalue weighted by molar-refractivity contribution is 5.97. The van der Waals surface area contributed by atoms with E-state index >= 15 is 0 Å². The van der Waals surface area contributed by atoms with E-state index in [4.69, 9.17) is 22.3 Å². The van der Waals surface area contributed by atoms with Gasteiger partial charge in [0.25, 0.3) is 0 Å². The van der Waals surface area contributed by atoms with Crippen LogP contribution in [0.2, 0.25) is 0 Å². The van der Waals surface area contributed by atoms with Gasteiger partial charge in [-0.05, 0) is 12.3 Å². The zero-order chi connectivity index (χ0) is 26.6. The Morgan fingerprint density at radius 2 is 1.29 bits per heavy atom. The lowest BCUT2D eigenvalue weighted by Gasteiger charge is -2.25. The number of primary amides is 2. The fraction of sp³-hybridized carbons (Fsp3) is 0.632. The molecule has 0 aromatic rings. The van der Waals surface area contributed by atoms with Gasteiger partial charge in [-0.1, -0.05) is 20.3 Å². The first-order valence-electron chi connectivity index (χ1n) is 10.4. The van der Waals surface area contributed by atoms with Crippen LogP contribution in [0, 0.1) is 5.92 Å². The van der Waals surface area contributed by atoms with Crippen molar-refractivity contribution in [2.45, 2.75) is 70.1 Å². The summed E-state index contributed by atoms with van der Waals surface area (Å²) in [5.41, 5.74) is 15.7. The minimum atomic E-state index is -1.71. The van der Waals surface area contributed by atoms with Crippen molar-refractivity contribution < 1.29 is 43.8 Å². The van der Waals surface area contributed by atoms with Crippen molar-refractivity contribution in [2.24, 2.45) is 23.1 Å². The van der Waals surface area contributed by atoms with Crippen LogP contribution in [-0.4, -0.2) is 75.9 Å². The molecule has 15 heteroatoms. The highest BCUT2D eigenvalue weighted by atomic mass is 16.4. The molecule has 5 unspecified atom stereocenters. The molecule has 5 amide bonds. The van der Waals surface area contributed by atoms with Crippen LogP contribution in [0.15, 0.2) is 0 Å². The van der Waals surface area contributed by atoms with E-state index in [0.29, 0.717) is 6.42 Å². The highest BCUT2D eigenvalue weighted by Gasteiger charge is 2.33. The number of carbonyl (C=O) groups excluding carboxylic acids is 5. The quantitative estimate of drug-likeness (QED) is 0.106. The van der Waals surface area contributed by atoms with Crippen molar-refractivity contribution in [3.05, 3.63) is 0 Å². The fourth-order valence-electron chi connectivity index (χ4n) is 2.71. The summed E-state index contributed by atoms with van der Waals surface area (Å²) in [6, 6.07) is -5.97. The van der Waals surface area contributed by atoms with Gasteiger partial charge in [0.05, 0.1) is 18.9 Å². The topological polar surface area (TPSA) is 274 Å². The van der Waals surface area contributed by atoms with E-state index in [1.807, 2.05) is 0 Å². The molecule has 5 atom stereocenters. The summed E-state index contributed by atoms with van der Waals surface area (Å²) in [6.45, 7) is 3.27. The molecule has 15 nitrogen and oxygen atoms in total. The van der Waals surface area contributed by atoms with Crippen molar-refractivity contribution in [1.29, 1.82) is 0 Å². The third-order valence-electron chi connectivity index (χ3n) is 4.87. The minimum Gasteiger partial charge on any atom is -0.481 e. The summed E-state index contributed by atoms with van der Waals surface area (Å²) in [4.78, 5) is 82.3. The van der Waals surface area contributed by atoms with Crippen LogP contribution in [-0.2, 0) is 33.6 Å². The molecule has 0 spiro atoms. The van der Waals surface area contributed by atoms with Crippen molar-refractivity contribution in [1.82, 2.24) is 16.0 Å². The number of carboxylic acid groups (broad SMARTS) is 2. The molecule has 0 aromatic heterocycles. The van der Waals surface area contributed by atoms with Gasteiger partial charge in [0.2, 0.25) is 29.5 Å². The molecule has 0 radical (unpaired) electrons. The van der Waals surface area contributed by atoms with Crippen LogP contribution in [0.25, 0.3) is 0 Å². The van der Waals surface area contributed by atoms with Crippen LogP contribution in [0.5, 0.6) is 0 Å². The molecule has 34 heavy (non-hydrogen) atoms. The summed E-state index contributed by atoms with van der Waals surface area (Å²) >= 11 is 0. The van der Waals surface area contributed by atoms with Crippen LogP contribution in [0.1, 0.15) is 46.0 Å². The predicted octanol–water partition coefficient (Wildman–Crippen LogP) is -3.49. The summed E-state index contributed by atoms with van der Waals surface area (Å²) in [5.74, 6) is -8.21. The second-order valence-corrected chi connectivity index (χ2v) is 7.71. The number of hydrogen-bond donors (Lipinski definition) is 8. The monoisotopic (exact) mass is 488 g/mol. The molecule has 0 aliphatic rings. The molecule has 0 aliphatic carbocycles. The lowest BCUT2D eigenvalue weighted by atomic mass is 9.98. The molecule has 0 rings (SSSR count). The Morgan fingerprint density at radius 3 is 1.74 bits per heavy atom. The van der Waals surface area contributed by atoms with Crippen LogP contribution < -0.4 is 33.2 Å². The molecule has 11 N–H and O–H groups in total. The predicted molar refractivity (Wildman–Crippen MR) is 115 cm³/mol. The van der Waals surface area contributed by atoms with E-state index in [1.54, 1.807) is 13.8 Å². The van der Waals surface area contributed by atoms with E-state index in [9.17, 15) is 38.7 Å². The molecule has 192 valence electrons. The molecular weight excluding hydrogens is 456 g/mol. The molecule has 0 aromatic carbocycles. The molecule has 0 aliphatic heterocycles. The maximum Gasteiger partial charge on any atom is 0.326 e. The molecular formula is C19H32N6O9. The number of amides is 5. The Hall–Kier alpha value is -3.75. The zero-order valence-electron chi connectivity index (χ0n) is 18.9. The highest BCUT2D eigenvalue weighted by Crippen LogP contribution is 2.09. The minimum absolute atomic E-state index is 0.165. The zero-order valence-corrected chi connectivity index (χ0v) is 18.9. The van der Waals surface area contributed by atoms with Gasteiger partial charge in [-0.25, -0.2) is 4.79 Å². The van der Waals surface area contributed by atoms with Gasteiger partial charge < -0.3 is 43.4 Å². The second kappa shape index (κ2) is 14.4. The van der Waals surface area contributed by atoms with Crippen LogP contribution in [0.3, 0.4) is 0 Å². The smallest absolute Gasteiger partial charge is 0.326 e. The maximum atomic E-state index is 12.7. The van der Waals surface area contributed by atoms with Crippen LogP contribution in [0.4, 0.5) is 0 Å². The number of nitrogens with one attached hydrogen (secondary N) is 3. The Morgan fingerprint density at radius 1 is 0.794 bits per heavy atom. The Labute approximate surface area is 195 Å². The van der Waals surface area contributed by atoms with E-state index in [0.717, 1.165) is 0 Å². The number of aliphatic carboxylic acids is 2. The molecule has 0 fully saturated rings. The van der Waals surface area contributed by atoms with Gasteiger partial charge in [-0.15, -0.1) is 0 Å². The first kappa shape index (κ1) is 30.2. The van der Waals surface area contributed by atoms with Gasteiger partial charge >= 0.3 is 11.9 Å². The van der Waals surface area contributed by atoms with Gasteiger partial charge in [0, 0.05) is 6.42 Å². The average molecular weight is 488 g/mol. The SMILES string of the molecule is CCC(C)C(NC(=O)C(CC(N)=O)NC(=O)C(CC(=O)O)NC(=O)C(N)CCC(N)=O)C(=O)O. The Kier molecular flexibility index (Phi) is 12.8. The largest absolute Gasteiger partial charge is 0.481 e. The van der Waals surface area contributed by atoms with E-state index < -0.39 is 84.4 Å². The number of carbonyl (C=O) groups is 7. The Bertz CT molecular complexity index is 803. The molecule has 0 bridgehead atoms. The van der Waals surface area contributed by atoms with Gasteiger partial charge in [-0.3, -0.25) is 28.8 Å². The van der Waals surface area contributed by atoms with E-state index in [2.05, 4.69) is 16.0 Å². The summed E-state index contributed by atoms with van der Waals surface area (Å²) in [7, 11) is 0. The van der Waals surface area contributed by atoms with E-state index in [-0.39, 0.29) is 12.8 Å². The number of carboxylic acids is 2. The van der Waals surface area contributed by atoms with Crippen molar-refractivity contribution in [3.63, 3.8) is 0 Å². The maximum absolute atomic E-state index is 12.7. The van der Waals surface area contributed by atoms with Gasteiger partial charge in [0.1, 0.15) is 18.1 Å². The van der Waals surface area contributed by atoms with Crippen molar-refractivity contribution >= 4 is 41.5 Å². The lowest BCUT2D eigenvalue weighted by Crippen LogP contribution is -2.58. The Balaban J connectivity index is 5.56. The lowest BCUT2D eigenvalue weighted by molar-refractivity contribution is -0.144.